The lowest BCUT2D eigenvalue weighted by atomic mass is 10.3. The maximum absolute atomic E-state index is 4.31. The number of piperazine rings is 1. The van der Waals surface area contributed by atoms with Crippen molar-refractivity contribution in [2.75, 3.05) is 51.6 Å². The Hall–Kier alpha value is -1.73. The molecule has 0 atom stereocenters. The zero-order valence-electron chi connectivity index (χ0n) is 11.2. The van der Waals surface area contributed by atoms with E-state index in [-0.39, 0.29) is 0 Å². The van der Waals surface area contributed by atoms with Crippen LogP contribution in [0.1, 0.15) is 0 Å². The molecule has 0 spiro atoms. The summed E-state index contributed by atoms with van der Waals surface area (Å²) >= 11 is 0. The molecule has 2 aromatic rings. The van der Waals surface area contributed by atoms with Gasteiger partial charge in [-0.15, -0.1) is 10.2 Å². The van der Waals surface area contributed by atoms with E-state index in [9.17, 15) is 0 Å². The van der Waals surface area contributed by atoms with E-state index in [2.05, 4.69) is 37.3 Å². The number of rotatable bonds is 4. The van der Waals surface area contributed by atoms with Crippen LogP contribution in [0.5, 0.6) is 0 Å². The van der Waals surface area contributed by atoms with Crippen molar-refractivity contribution in [2.45, 2.75) is 0 Å². The predicted molar refractivity (Wildman–Crippen MR) is 73.2 cm³/mol. The van der Waals surface area contributed by atoms with Crippen molar-refractivity contribution in [1.29, 1.82) is 0 Å². The van der Waals surface area contributed by atoms with E-state index in [1.54, 1.807) is 12.5 Å². The molecule has 0 aliphatic carbocycles. The minimum atomic E-state index is 0.779. The summed E-state index contributed by atoms with van der Waals surface area (Å²) in [6, 6.07) is 0. The predicted octanol–water partition coefficient (Wildman–Crippen LogP) is -0.216. The molecule has 2 aromatic heterocycles. The monoisotopic (exact) mass is 261 g/mol. The maximum atomic E-state index is 4.31. The number of likely N-dealkylation sites (N-methyl/N-ethyl adjacent to an activating group) is 1. The van der Waals surface area contributed by atoms with Gasteiger partial charge in [-0.2, -0.15) is 0 Å². The molecule has 0 radical (unpaired) electrons. The van der Waals surface area contributed by atoms with Crippen molar-refractivity contribution in [3.05, 3.63) is 18.7 Å². The molecule has 3 heterocycles. The van der Waals surface area contributed by atoms with Gasteiger partial charge in [0.15, 0.2) is 5.82 Å². The van der Waals surface area contributed by atoms with Crippen LogP contribution in [0, 0.1) is 0 Å². The van der Waals surface area contributed by atoms with Crippen molar-refractivity contribution in [3.8, 4) is 0 Å². The Bertz CT molecular complexity index is 530. The molecule has 7 nitrogen and oxygen atoms in total. The van der Waals surface area contributed by atoms with Crippen LogP contribution in [0.4, 0.5) is 5.82 Å². The fourth-order valence-electron chi connectivity index (χ4n) is 2.29. The second kappa shape index (κ2) is 5.50. The number of nitrogens with one attached hydrogen (secondary N) is 1. The molecule has 1 N–H and O–H groups in total. The van der Waals surface area contributed by atoms with Crippen molar-refractivity contribution in [2.24, 2.45) is 0 Å². The molecule has 1 fully saturated rings. The van der Waals surface area contributed by atoms with Crippen LogP contribution in [-0.4, -0.2) is 75.7 Å². The molecule has 0 unspecified atom stereocenters. The SMILES string of the molecule is CN1CCN(CCNc2nccn3cnnc23)CC1. The minimum absolute atomic E-state index is 0.779. The van der Waals surface area contributed by atoms with Crippen LogP contribution in [0.2, 0.25) is 0 Å². The van der Waals surface area contributed by atoms with Crippen LogP contribution in [0.15, 0.2) is 18.7 Å². The Morgan fingerprint density at radius 1 is 1.26 bits per heavy atom. The summed E-state index contributed by atoms with van der Waals surface area (Å²) in [6.45, 7) is 6.49. The first-order valence-corrected chi connectivity index (χ1v) is 6.62. The molecule has 102 valence electrons. The quantitative estimate of drug-likeness (QED) is 0.821. The topological polar surface area (TPSA) is 61.6 Å². The average Bonchev–Trinajstić information content (AvgIpc) is 2.90. The van der Waals surface area contributed by atoms with Gasteiger partial charge in [0.1, 0.15) is 6.33 Å². The summed E-state index contributed by atoms with van der Waals surface area (Å²) in [5.41, 5.74) is 0.779. The molecule has 0 bridgehead atoms. The Balaban J connectivity index is 1.53. The third-order valence-corrected chi connectivity index (χ3v) is 3.53. The number of nitrogens with zero attached hydrogens (tertiary/aromatic N) is 6. The smallest absolute Gasteiger partial charge is 0.203 e. The summed E-state index contributed by atoms with van der Waals surface area (Å²) in [6.07, 6.45) is 5.29. The maximum Gasteiger partial charge on any atom is 0.203 e. The fraction of sp³-hybridized carbons (Fsp3) is 0.583. The molecule has 1 aliphatic heterocycles. The summed E-state index contributed by atoms with van der Waals surface area (Å²) in [5.74, 6) is 0.800. The fourth-order valence-corrected chi connectivity index (χ4v) is 2.29. The van der Waals surface area contributed by atoms with Gasteiger partial charge in [0, 0.05) is 51.7 Å². The van der Waals surface area contributed by atoms with Gasteiger partial charge in [0.2, 0.25) is 5.65 Å². The lowest BCUT2D eigenvalue weighted by Crippen LogP contribution is -2.45. The van der Waals surface area contributed by atoms with E-state index < -0.39 is 0 Å². The second-order valence-corrected chi connectivity index (χ2v) is 4.91. The average molecular weight is 261 g/mol. The zero-order chi connectivity index (χ0) is 13.1. The van der Waals surface area contributed by atoms with Crippen molar-refractivity contribution >= 4 is 11.5 Å². The van der Waals surface area contributed by atoms with Gasteiger partial charge in [-0.05, 0) is 7.05 Å². The highest BCUT2D eigenvalue weighted by atomic mass is 15.3. The standard InChI is InChI=1S/C12H19N7/c1-17-6-8-18(9-7-17)4-2-13-11-12-16-15-10-19(12)5-3-14-11/h3,5,10H,2,4,6-9H2,1H3,(H,13,14). The highest BCUT2D eigenvalue weighted by Crippen LogP contribution is 2.09. The summed E-state index contributed by atoms with van der Waals surface area (Å²) < 4.78 is 1.87. The molecular weight excluding hydrogens is 242 g/mol. The molecule has 3 rings (SSSR count). The van der Waals surface area contributed by atoms with E-state index in [0.29, 0.717) is 0 Å². The second-order valence-electron chi connectivity index (χ2n) is 4.91. The van der Waals surface area contributed by atoms with Gasteiger partial charge in [-0.1, -0.05) is 0 Å². The van der Waals surface area contributed by atoms with Gasteiger partial charge in [0.25, 0.3) is 0 Å². The molecule has 1 aliphatic rings. The summed E-state index contributed by atoms with van der Waals surface area (Å²) in [5, 5.41) is 11.3. The van der Waals surface area contributed by atoms with Crippen LogP contribution in [0.25, 0.3) is 5.65 Å². The molecule has 0 amide bonds. The lowest BCUT2D eigenvalue weighted by Gasteiger charge is -2.32. The normalized spacial score (nSPS) is 17.9. The van der Waals surface area contributed by atoms with E-state index in [1.165, 1.54) is 0 Å². The first kappa shape index (κ1) is 12.3. The Morgan fingerprint density at radius 2 is 2.11 bits per heavy atom. The van der Waals surface area contributed by atoms with E-state index in [1.807, 2.05) is 10.6 Å². The molecule has 1 saturated heterocycles. The molecule has 0 aromatic carbocycles. The molecule has 0 saturated carbocycles. The van der Waals surface area contributed by atoms with Crippen LogP contribution in [-0.2, 0) is 0 Å². The van der Waals surface area contributed by atoms with Gasteiger partial charge in [-0.3, -0.25) is 9.30 Å². The summed E-state index contributed by atoms with van der Waals surface area (Å²) in [7, 11) is 2.17. The van der Waals surface area contributed by atoms with Gasteiger partial charge in [-0.25, -0.2) is 4.98 Å². The van der Waals surface area contributed by atoms with Gasteiger partial charge in [0.05, 0.1) is 0 Å². The molecular formula is C12H19N7. The van der Waals surface area contributed by atoms with Gasteiger partial charge < -0.3 is 10.2 Å². The van der Waals surface area contributed by atoms with Crippen LogP contribution < -0.4 is 5.32 Å². The lowest BCUT2D eigenvalue weighted by molar-refractivity contribution is 0.158. The number of hydrogen-bond acceptors (Lipinski definition) is 6. The number of aromatic nitrogens is 4. The van der Waals surface area contributed by atoms with E-state index in [0.717, 1.165) is 50.7 Å². The van der Waals surface area contributed by atoms with Crippen molar-refractivity contribution < 1.29 is 0 Å². The zero-order valence-corrected chi connectivity index (χ0v) is 11.2. The van der Waals surface area contributed by atoms with Crippen LogP contribution >= 0.6 is 0 Å². The van der Waals surface area contributed by atoms with Crippen molar-refractivity contribution in [1.82, 2.24) is 29.4 Å². The first-order chi connectivity index (χ1) is 9.33. The largest absolute Gasteiger partial charge is 0.366 e. The number of hydrogen-bond donors (Lipinski definition) is 1. The molecule has 7 heteroatoms. The number of anilines is 1. The number of fused-ring (bicyclic) bond motifs is 1. The third-order valence-electron chi connectivity index (χ3n) is 3.53. The molecule has 19 heavy (non-hydrogen) atoms. The minimum Gasteiger partial charge on any atom is -0.366 e. The highest BCUT2D eigenvalue weighted by molar-refractivity contribution is 5.61. The summed E-state index contributed by atoms with van der Waals surface area (Å²) in [4.78, 5) is 9.15. The Morgan fingerprint density at radius 3 is 2.95 bits per heavy atom. The first-order valence-electron chi connectivity index (χ1n) is 6.62. The van der Waals surface area contributed by atoms with Crippen LogP contribution in [0.3, 0.4) is 0 Å². The van der Waals surface area contributed by atoms with E-state index in [4.69, 9.17) is 0 Å². The Kier molecular flexibility index (Phi) is 3.56. The third kappa shape index (κ3) is 2.82. The van der Waals surface area contributed by atoms with Gasteiger partial charge >= 0.3 is 0 Å². The Labute approximate surface area is 112 Å². The highest BCUT2D eigenvalue weighted by Gasteiger charge is 2.13. The van der Waals surface area contributed by atoms with Crippen molar-refractivity contribution in [3.63, 3.8) is 0 Å². The van der Waals surface area contributed by atoms with E-state index >= 15 is 0 Å².